The molecule has 1 N–H and O–H groups in total. The fourth-order valence-corrected chi connectivity index (χ4v) is 1.75. The molecule has 0 aliphatic heterocycles. The number of carbonyl (C=O) groups is 2. The molecule has 0 spiro atoms. The van der Waals surface area contributed by atoms with Crippen molar-refractivity contribution < 1.29 is 23.6 Å². The average Bonchev–Trinajstić information content (AvgIpc) is 3.03. The molecule has 128 valence electrons. The standard InChI is InChI=1S/C16H19N3O5/c1-4-22-16(21)17-12-7-5-11(6-8-12)15(20)23-9-13-18-14(10(2)3)19-24-13/h5-8,10H,4,9H2,1-3H3,(H,17,21). The van der Waals surface area contributed by atoms with E-state index in [1.807, 2.05) is 13.8 Å². The Morgan fingerprint density at radius 3 is 2.50 bits per heavy atom. The minimum absolute atomic E-state index is 0.0959. The first-order valence-electron chi connectivity index (χ1n) is 7.53. The van der Waals surface area contributed by atoms with Crippen LogP contribution in [-0.4, -0.2) is 28.8 Å². The van der Waals surface area contributed by atoms with Crippen molar-refractivity contribution in [2.24, 2.45) is 0 Å². The molecule has 1 amide bonds. The summed E-state index contributed by atoms with van der Waals surface area (Å²) < 4.78 is 14.9. The van der Waals surface area contributed by atoms with Crippen LogP contribution in [0, 0.1) is 0 Å². The zero-order valence-corrected chi connectivity index (χ0v) is 13.7. The fourth-order valence-electron chi connectivity index (χ4n) is 1.75. The highest BCUT2D eigenvalue weighted by Crippen LogP contribution is 2.13. The predicted molar refractivity (Wildman–Crippen MR) is 84.6 cm³/mol. The van der Waals surface area contributed by atoms with Crippen molar-refractivity contribution >= 4 is 17.7 Å². The van der Waals surface area contributed by atoms with Crippen LogP contribution in [0.15, 0.2) is 28.8 Å². The number of hydrogen-bond acceptors (Lipinski definition) is 7. The van der Waals surface area contributed by atoms with Gasteiger partial charge in [-0.15, -0.1) is 0 Å². The molecule has 0 saturated heterocycles. The Morgan fingerprint density at radius 2 is 1.92 bits per heavy atom. The molecule has 0 bridgehead atoms. The SMILES string of the molecule is CCOC(=O)Nc1ccc(C(=O)OCc2nc(C(C)C)no2)cc1. The van der Waals surface area contributed by atoms with Gasteiger partial charge in [0.25, 0.3) is 5.89 Å². The zero-order chi connectivity index (χ0) is 17.5. The van der Waals surface area contributed by atoms with Crippen LogP contribution in [0.3, 0.4) is 0 Å². The molecule has 0 saturated carbocycles. The van der Waals surface area contributed by atoms with Crippen molar-refractivity contribution in [1.82, 2.24) is 10.1 Å². The quantitative estimate of drug-likeness (QED) is 0.810. The largest absolute Gasteiger partial charge is 0.452 e. The summed E-state index contributed by atoms with van der Waals surface area (Å²) in [5, 5.41) is 6.32. The third-order valence-corrected chi connectivity index (χ3v) is 2.97. The zero-order valence-electron chi connectivity index (χ0n) is 13.7. The number of amides is 1. The first-order valence-corrected chi connectivity index (χ1v) is 7.53. The molecule has 8 nitrogen and oxygen atoms in total. The van der Waals surface area contributed by atoms with E-state index < -0.39 is 12.1 Å². The Morgan fingerprint density at radius 1 is 1.21 bits per heavy atom. The molecule has 0 radical (unpaired) electrons. The monoisotopic (exact) mass is 333 g/mol. The summed E-state index contributed by atoms with van der Waals surface area (Å²) in [7, 11) is 0. The third kappa shape index (κ3) is 4.80. The molecule has 0 fully saturated rings. The van der Waals surface area contributed by atoms with Crippen molar-refractivity contribution in [3.63, 3.8) is 0 Å². The van der Waals surface area contributed by atoms with E-state index in [0.29, 0.717) is 17.1 Å². The second-order valence-corrected chi connectivity index (χ2v) is 5.20. The number of nitrogens with zero attached hydrogens (tertiary/aromatic N) is 2. The summed E-state index contributed by atoms with van der Waals surface area (Å²) in [5.41, 5.74) is 0.858. The first-order chi connectivity index (χ1) is 11.5. The first kappa shape index (κ1) is 17.5. The fraction of sp³-hybridized carbons (Fsp3) is 0.375. The van der Waals surface area contributed by atoms with Gasteiger partial charge in [-0.25, -0.2) is 9.59 Å². The number of esters is 1. The van der Waals surface area contributed by atoms with Gasteiger partial charge in [-0.05, 0) is 31.2 Å². The van der Waals surface area contributed by atoms with Crippen molar-refractivity contribution in [2.75, 3.05) is 11.9 Å². The van der Waals surface area contributed by atoms with E-state index in [0.717, 1.165) is 0 Å². The molecule has 1 aromatic heterocycles. The van der Waals surface area contributed by atoms with Gasteiger partial charge >= 0.3 is 12.1 Å². The predicted octanol–water partition coefficient (Wildman–Crippen LogP) is 3.12. The van der Waals surface area contributed by atoms with Crippen molar-refractivity contribution in [3.8, 4) is 0 Å². The molecular formula is C16H19N3O5. The van der Waals surface area contributed by atoms with Gasteiger partial charge in [-0.2, -0.15) is 4.98 Å². The maximum atomic E-state index is 12.0. The molecule has 24 heavy (non-hydrogen) atoms. The Kier molecular flexibility index (Phi) is 5.89. The highest BCUT2D eigenvalue weighted by molar-refractivity contribution is 5.91. The molecule has 1 aromatic carbocycles. The maximum Gasteiger partial charge on any atom is 0.411 e. The topological polar surface area (TPSA) is 104 Å². The molecular weight excluding hydrogens is 314 g/mol. The van der Waals surface area contributed by atoms with E-state index in [4.69, 9.17) is 14.0 Å². The van der Waals surface area contributed by atoms with Gasteiger partial charge in [-0.1, -0.05) is 19.0 Å². The number of nitrogens with one attached hydrogen (secondary N) is 1. The summed E-state index contributed by atoms with van der Waals surface area (Å²) in [6.45, 7) is 5.77. The minimum Gasteiger partial charge on any atom is -0.452 e. The molecule has 2 aromatic rings. The lowest BCUT2D eigenvalue weighted by Crippen LogP contribution is -2.13. The number of aromatic nitrogens is 2. The Hall–Kier alpha value is -2.90. The van der Waals surface area contributed by atoms with Crippen LogP contribution in [0.5, 0.6) is 0 Å². The number of hydrogen-bond donors (Lipinski definition) is 1. The van der Waals surface area contributed by atoms with Gasteiger partial charge in [0.15, 0.2) is 12.4 Å². The van der Waals surface area contributed by atoms with Crippen LogP contribution in [0.1, 0.15) is 48.8 Å². The summed E-state index contributed by atoms with van der Waals surface area (Å²) in [5.74, 6) is 0.419. The lowest BCUT2D eigenvalue weighted by Gasteiger charge is -2.06. The van der Waals surface area contributed by atoms with Crippen molar-refractivity contribution in [2.45, 2.75) is 33.3 Å². The molecule has 2 rings (SSSR count). The van der Waals surface area contributed by atoms with E-state index in [1.165, 1.54) is 12.1 Å². The van der Waals surface area contributed by atoms with E-state index in [-0.39, 0.29) is 25.0 Å². The van der Waals surface area contributed by atoms with Gasteiger partial charge in [0.05, 0.1) is 12.2 Å². The number of benzene rings is 1. The summed E-state index contributed by atoms with van der Waals surface area (Å²) in [6.07, 6.45) is -0.551. The smallest absolute Gasteiger partial charge is 0.411 e. The van der Waals surface area contributed by atoms with E-state index in [1.54, 1.807) is 19.1 Å². The summed E-state index contributed by atoms with van der Waals surface area (Å²) >= 11 is 0. The molecule has 0 atom stereocenters. The highest BCUT2D eigenvalue weighted by Gasteiger charge is 2.13. The van der Waals surface area contributed by atoms with E-state index in [2.05, 4.69) is 15.5 Å². The van der Waals surface area contributed by atoms with Gasteiger partial charge in [-0.3, -0.25) is 5.32 Å². The van der Waals surface area contributed by atoms with E-state index >= 15 is 0 Å². The van der Waals surface area contributed by atoms with Gasteiger partial charge in [0, 0.05) is 11.6 Å². The lowest BCUT2D eigenvalue weighted by atomic mass is 10.2. The average molecular weight is 333 g/mol. The number of anilines is 1. The van der Waals surface area contributed by atoms with Crippen LogP contribution in [0.4, 0.5) is 10.5 Å². The molecule has 1 heterocycles. The Balaban J connectivity index is 1.88. The molecule has 8 heteroatoms. The lowest BCUT2D eigenvalue weighted by molar-refractivity contribution is 0.0430. The van der Waals surface area contributed by atoms with Crippen LogP contribution in [0.25, 0.3) is 0 Å². The van der Waals surface area contributed by atoms with E-state index in [9.17, 15) is 9.59 Å². The second-order valence-electron chi connectivity index (χ2n) is 5.20. The van der Waals surface area contributed by atoms with Crippen molar-refractivity contribution in [3.05, 3.63) is 41.5 Å². The normalized spacial score (nSPS) is 10.5. The Bertz CT molecular complexity index is 694. The molecule has 0 aliphatic carbocycles. The van der Waals surface area contributed by atoms with Gasteiger partial charge in [0.2, 0.25) is 0 Å². The number of rotatable bonds is 6. The van der Waals surface area contributed by atoms with Crippen LogP contribution in [-0.2, 0) is 16.1 Å². The number of carbonyl (C=O) groups excluding carboxylic acids is 2. The second kappa shape index (κ2) is 8.09. The van der Waals surface area contributed by atoms with Crippen molar-refractivity contribution in [1.29, 1.82) is 0 Å². The minimum atomic E-state index is -0.551. The van der Waals surface area contributed by atoms with Crippen LogP contribution in [0.2, 0.25) is 0 Å². The summed E-state index contributed by atoms with van der Waals surface area (Å²) in [6, 6.07) is 6.24. The molecule has 0 aliphatic rings. The number of ether oxygens (including phenoxy) is 2. The molecule has 0 unspecified atom stereocenters. The summed E-state index contributed by atoms with van der Waals surface area (Å²) in [4.78, 5) is 27.4. The highest BCUT2D eigenvalue weighted by atomic mass is 16.6. The van der Waals surface area contributed by atoms with Gasteiger partial charge in [0.1, 0.15) is 0 Å². The third-order valence-electron chi connectivity index (χ3n) is 2.97. The van der Waals surface area contributed by atoms with Gasteiger partial charge < -0.3 is 14.0 Å². The van der Waals surface area contributed by atoms with Crippen LogP contribution < -0.4 is 5.32 Å². The maximum absolute atomic E-state index is 12.0. The van der Waals surface area contributed by atoms with Crippen LogP contribution >= 0.6 is 0 Å². The Labute approximate surface area is 139 Å².